The molecular weight excluding hydrogens is 340 g/mol. The summed E-state index contributed by atoms with van der Waals surface area (Å²) in [4.78, 5) is 23.6. The first-order valence-electron chi connectivity index (χ1n) is 9.38. The first-order chi connectivity index (χ1) is 13.0. The van der Waals surface area contributed by atoms with Crippen molar-refractivity contribution in [3.05, 3.63) is 71.8 Å². The number of ether oxygens (including phenoxy) is 2. The molecule has 1 unspecified atom stereocenters. The zero-order valence-electron chi connectivity index (χ0n) is 16.3. The first kappa shape index (κ1) is 20.7. The molecule has 0 saturated heterocycles. The molecule has 2 aromatic carbocycles. The van der Waals surface area contributed by atoms with E-state index in [-0.39, 0.29) is 30.8 Å². The monoisotopic (exact) mass is 368 g/mol. The molecule has 2 rings (SSSR count). The van der Waals surface area contributed by atoms with Crippen molar-refractivity contribution in [1.29, 1.82) is 0 Å². The summed E-state index contributed by atoms with van der Waals surface area (Å²) in [5.41, 5.74) is 2.34. The normalized spacial score (nSPS) is 12.0. The Labute approximate surface area is 161 Å². The maximum absolute atomic E-state index is 12.0. The van der Waals surface area contributed by atoms with Gasteiger partial charge in [-0.2, -0.15) is 0 Å². The van der Waals surface area contributed by atoms with Crippen molar-refractivity contribution in [3.8, 4) is 0 Å². The van der Waals surface area contributed by atoms with Gasteiger partial charge in [0.15, 0.2) is 0 Å². The molecule has 144 valence electrons. The van der Waals surface area contributed by atoms with Crippen molar-refractivity contribution in [2.75, 3.05) is 13.2 Å². The van der Waals surface area contributed by atoms with Crippen LogP contribution in [0, 0.1) is 11.8 Å². The molecule has 0 heterocycles. The number of rotatable bonds is 9. The maximum atomic E-state index is 12.0. The molecular formula is C23H28O4. The van der Waals surface area contributed by atoms with Gasteiger partial charge in [-0.25, -0.2) is 0 Å². The van der Waals surface area contributed by atoms with Gasteiger partial charge in [0.05, 0.1) is 13.2 Å². The lowest BCUT2D eigenvalue weighted by Gasteiger charge is -2.25. The average molecular weight is 368 g/mol. The summed E-state index contributed by atoms with van der Waals surface area (Å²) in [6.07, 6.45) is -0.346. The number of carbonyl (C=O) groups is 2. The average Bonchev–Trinajstić information content (AvgIpc) is 2.67. The van der Waals surface area contributed by atoms with Crippen LogP contribution in [0.25, 0.3) is 0 Å². The summed E-state index contributed by atoms with van der Waals surface area (Å²) in [6, 6.07) is 20.3. The number of hydrogen-bond acceptors (Lipinski definition) is 4. The molecule has 0 bridgehead atoms. The number of benzene rings is 2. The van der Waals surface area contributed by atoms with Crippen LogP contribution in [-0.2, 0) is 19.1 Å². The Kier molecular flexibility index (Phi) is 8.05. The summed E-state index contributed by atoms with van der Waals surface area (Å²) >= 11 is 0. The number of carbonyl (C=O) groups excluding carboxylic acids is 2. The van der Waals surface area contributed by atoms with Gasteiger partial charge in [-0.15, -0.1) is 0 Å². The van der Waals surface area contributed by atoms with Crippen LogP contribution in [0.1, 0.15) is 44.2 Å². The van der Waals surface area contributed by atoms with Gasteiger partial charge >= 0.3 is 11.9 Å². The van der Waals surface area contributed by atoms with Gasteiger partial charge in [0.2, 0.25) is 0 Å². The maximum Gasteiger partial charge on any atom is 0.317 e. The van der Waals surface area contributed by atoms with E-state index in [0.29, 0.717) is 6.61 Å². The van der Waals surface area contributed by atoms with Gasteiger partial charge < -0.3 is 9.47 Å². The minimum Gasteiger partial charge on any atom is -0.465 e. The Hall–Kier alpha value is -2.62. The van der Waals surface area contributed by atoms with E-state index in [2.05, 4.69) is 31.2 Å². The third-order valence-corrected chi connectivity index (χ3v) is 4.26. The zero-order chi connectivity index (χ0) is 19.6. The Balaban J connectivity index is 1.97. The predicted molar refractivity (Wildman–Crippen MR) is 105 cm³/mol. The molecule has 4 heteroatoms. The zero-order valence-corrected chi connectivity index (χ0v) is 16.3. The summed E-state index contributed by atoms with van der Waals surface area (Å²) in [7, 11) is 0. The van der Waals surface area contributed by atoms with Crippen molar-refractivity contribution in [2.24, 2.45) is 11.8 Å². The quantitative estimate of drug-likeness (QED) is 0.480. The smallest absolute Gasteiger partial charge is 0.317 e. The van der Waals surface area contributed by atoms with Gasteiger partial charge in [-0.3, -0.25) is 9.59 Å². The predicted octanol–water partition coefficient (Wildman–Crippen LogP) is 4.59. The van der Waals surface area contributed by atoms with Crippen LogP contribution in [0.2, 0.25) is 0 Å². The van der Waals surface area contributed by atoms with E-state index in [4.69, 9.17) is 9.47 Å². The van der Waals surface area contributed by atoms with Crippen LogP contribution in [0.5, 0.6) is 0 Å². The van der Waals surface area contributed by atoms with Crippen molar-refractivity contribution in [1.82, 2.24) is 0 Å². The van der Waals surface area contributed by atoms with Crippen molar-refractivity contribution < 1.29 is 19.1 Å². The first-order valence-corrected chi connectivity index (χ1v) is 9.38. The van der Waals surface area contributed by atoms with Crippen LogP contribution >= 0.6 is 0 Å². The lowest BCUT2D eigenvalue weighted by atomic mass is 9.82. The van der Waals surface area contributed by atoms with E-state index in [9.17, 15) is 9.59 Å². The Bertz CT molecular complexity index is 670. The Morgan fingerprint density at radius 3 is 1.63 bits per heavy atom. The third-order valence-electron chi connectivity index (χ3n) is 4.26. The van der Waals surface area contributed by atoms with Crippen molar-refractivity contribution >= 4 is 11.9 Å². The molecule has 0 fully saturated rings. The van der Waals surface area contributed by atoms with Gasteiger partial charge in [-0.1, -0.05) is 81.4 Å². The van der Waals surface area contributed by atoms with E-state index in [1.54, 1.807) is 0 Å². The lowest BCUT2D eigenvalue weighted by molar-refractivity contribution is -0.155. The Morgan fingerprint density at radius 2 is 1.19 bits per heavy atom. The summed E-state index contributed by atoms with van der Waals surface area (Å²) in [6.45, 7) is 6.49. The second kappa shape index (κ2) is 10.5. The van der Waals surface area contributed by atoms with Crippen LogP contribution in [0.15, 0.2) is 60.7 Å². The Morgan fingerprint density at radius 1 is 0.741 bits per heavy atom. The highest BCUT2D eigenvalue weighted by atomic mass is 16.6. The summed E-state index contributed by atoms with van der Waals surface area (Å²) in [5.74, 6) is -0.680. The van der Waals surface area contributed by atoms with E-state index in [1.807, 2.05) is 50.2 Å². The summed E-state index contributed by atoms with van der Waals surface area (Å²) in [5, 5.41) is 0. The molecule has 2 aromatic rings. The topological polar surface area (TPSA) is 52.6 Å². The molecule has 27 heavy (non-hydrogen) atoms. The molecule has 0 aliphatic heterocycles. The highest BCUT2D eigenvalue weighted by Gasteiger charge is 2.23. The van der Waals surface area contributed by atoms with Gasteiger partial charge in [0, 0.05) is 11.8 Å². The highest BCUT2D eigenvalue weighted by Crippen LogP contribution is 2.32. The fraction of sp³-hybridized carbons (Fsp3) is 0.391. The standard InChI is InChI=1S/C23H28O4/c1-17(2)15-26-21(24)14-22(25)27-16-18(3)23(19-10-6-4-7-11-19)20-12-8-5-9-13-20/h4-13,17-18,23H,14-16H2,1-3H3. The fourth-order valence-corrected chi connectivity index (χ4v) is 2.97. The number of hydrogen-bond donors (Lipinski definition) is 0. The highest BCUT2D eigenvalue weighted by molar-refractivity contribution is 5.91. The van der Waals surface area contributed by atoms with Crippen LogP contribution < -0.4 is 0 Å². The number of esters is 2. The van der Waals surface area contributed by atoms with Crippen LogP contribution in [0.3, 0.4) is 0 Å². The second-order valence-electron chi connectivity index (χ2n) is 7.21. The van der Waals surface area contributed by atoms with Crippen LogP contribution in [-0.4, -0.2) is 25.2 Å². The molecule has 0 radical (unpaired) electrons. The molecule has 0 saturated carbocycles. The molecule has 0 aliphatic rings. The van der Waals surface area contributed by atoms with Crippen molar-refractivity contribution in [3.63, 3.8) is 0 Å². The van der Waals surface area contributed by atoms with E-state index in [0.717, 1.165) is 0 Å². The molecule has 0 N–H and O–H groups in total. The van der Waals surface area contributed by atoms with Crippen molar-refractivity contribution in [2.45, 2.75) is 33.1 Å². The van der Waals surface area contributed by atoms with Gasteiger partial charge in [0.25, 0.3) is 0 Å². The molecule has 4 nitrogen and oxygen atoms in total. The largest absolute Gasteiger partial charge is 0.465 e. The van der Waals surface area contributed by atoms with E-state index < -0.39 is 11.9 Å². The van der Waals surface area contributed by atoms with E-state index in [1.165, 1.54) is 11.1 Å². The molecule has 1 atom stereocenters. The second-order valence-corrected chi connectivity index (χ2v) is 7.21. The van der Waals surface area contributed by atoms with Gasteiger partial charge in [0.1, 0.15) is 6.42 Å². The van der Waals surface area contributed by atoms with Crippen LogP contribution in [0.4, 0.5) is 0 Å². The SMILES string of the molecule is CC(C)COC(=O)CC(=O)OCC(C)C(c1ccccc1)c1ccccc1. The fourth-order valence-electron chi connectivity index (χ4n) is 2.97. The summed E-state index contributed by atoms with van der Waals surface area (Å²) < 4.78 is 10.4. The van der Waals surface area contributed by atoms with E-state index >= 15 is 0 Å². The third kappa shape index (κ3) is 6.89. The molecule has 0 spiro atoms. The molecule has 0 aromatic heterocycles. The van der Waals surface area contributed by atoms with Gasteiger partial charge in [-0.05, 0) is 17.0 Å². The molecule has 0 aliphatic carbocycles. The minimum atomic E-state index is -0.546. The lowest BCUT2D eigenvalue weighted by Crippen LogP contribution is -2.21. The molecule has 0 amide bonds. The minimum absolute atomic E-state index is 0.0606.